The highest BCUT2D eigenvalue weighted by atomic mass is 16.4. The Bertz CT molecular complexity index is 2290. The third-order valence-corrected chi connectivity index (χ3v) is 13.1. The number of hydrogen-bond donors (Lipinski definition) is 11. The first-order valence-corrected chi connectivity index (χ1v) is 25.1. The average Bonchev–Trinajstić information content (AvgIpc) is 3.35. The van der Waals surface area contributed by atoms with Gasteiger partial charge in [0.05, 0.1) is 26.2 Å². The van der Waals surface area contributed by atoms with Crippen molar-refractivity contribution < 1.29 is 78.6 Å². The smallest absolute Gasteiger partial charge is 0.330 e. The van der Waals surface area contributed by atoms with Crippen LogP contribution in [0, 0.1) is 11.8 Å². The van der Waals surface area contributed by atoms with Gasteiger partial charge in [0.2, 0.25) is 17.7 Å². The Labute approximate surface area is 433 Å². The van der Waals surface area contributed by atoms with E-state index < -0.39 is 65.9 Å². The third kappa shape index (κ3) is 23.3. The lowest BCUT2D eigenvalue weighted by Gasteiger charge is -2.33. The van der Waals surface area contributed by atoms with Gasteiger partial charge in [0.1, 0.15) is 18.1 Å². The molecule has 1 unspecified atom stereocenters. The van der Waals surface area contributed by atoms with Crippen LogP contribution in [-0.2, 0) is 49.6 Å². The second-order valence-corrected chi connectivity index (χ2v) is 18.9. The first-order chi connectivity index (χ1) is 35.7. The molecule has 11 N–H and O–H groups in total. The fraction of sp³-hybridized carbons (Fsp3) is 0.560. The van der Waals surface area contributed by atoms with Crippen molar-refractivity contribution in [2.45, 2.75) is 75.9 Å². The van der Waals surface area contributed by atoms with Gasteiger partial charge in [-0.15, -0.1) is 0 Å². The number of fused-ring (bicyclic) bond motifs is 1. The van der Waals surface area contributed by atoms with E-state index >= 15 is 0 Å². The maximum absolute atomic E-state index is 13.8. The highest BCUT2D eigenvalue weighted by molar-refractivity contribution is 5.90. The Morgan fingerprint density at radius 1 is 0.573 bits per heavy atom. The van der Waals surface area contributed by atoms with Crippen LogP contribution in [-0.4, -0.2) is 220 Å². The largest absolute Gasteiger partial charge is 0.480 e. The number of urea groups is 1. The predicted octanol–water partition coefficient (Wildman–Crippen LogP) is -0.212. The molecule has 2 fully saturated rings. The number of nitrogens with one attached hydrogen (secondary N) is 5. The van der Waals surface area contributed by atoms with Crippen molar-refractivity contribution in [3.8, 4) is 0 Å². The van der Waals surface area contributed by atoms with E-state index in [9.17, 15) is 73.5 Å². The molecule has 1 aliphatic heterocycles. The molecule has 3 atom stereocenters. The predicted molar refractivity (Wildman–Crippen MR) is 269 cm³/mol. The van der Waals surface area contributed by atoms with Gasteiger partial charge in [-0.3, -0.25) is 48.4 Å². The van der Waals surface area contributed by atoms with Crippen LogP contribution < -0.4 is 26.6 Å². The van der Waals surface area contributed by atoms with Gasteiger partial charge >= 0.3 is 41.8 Å². The van der Waals surface area contributed by atoms with E-state index in [2.05, 4.69) is 21.3 Å². The number of carbonyl (C=O) groups is 10. The maximum Gasteiger partial charge on any atom is 0.330 e. The fourth-order valence-electron chi connectivity index (χ4n) is 8.99. The summed E-state index contributed by atoms with van der Waals surface area (Å²) in [6.45, 7) is 1.86. The summed E-state index contributed by atoms with van der Waals surface area (Å²) in [5.74, 6) is -8.79. The highest BCUT2D eigenvalue weighted by Gasteiger charge is 2.31. The van der Waals surface area contributed by atoms with Crippen molar-refractivity contribution in [1.82, 2.24) is 46.2 Å². The van der Waals surface area contributed by atoms with E-state index in [-0.39, 0.29) is 108 Å². The summed E-state index contributed by atoms with van der Waals surface area (Å²) >= 11 is 0. The first-order valence-electron chi connectivity index (χ1n) is 25.1. The summed E-state index contributed by atoms with van der Waals surface area (Å²) in [5.41, 5.74) is 0.824. The number of rotatable bonds is 27. The summed E-state index contributed by atoms with van der Waals surface area (Å²) in [4.78, 5) is 129. The molecule has 0 bridgehead atoms. The highest BCUT2D eigenvalue weighted by Crippen LogP contribution is 2.29. The molecule has 0 aromatic heterocycles. The zero-order valence-corrected chi connectivity index (χ0v) is 41.9. The molecule has 1 saturated heterocycles. The van der Waals surface area contributed by atoms with Crippen LogP contribution in [0.25, 0.3) is 10.8 Å². The van der Waals surface area contributed by atoms with Gasteiger partial charge in [-0.1, -0.05) is 55.3 Å². The summed E-state index contributed by atoms with van der Waals surface area (Å²) < 4.78 is 0. The number of carboxylic acid groups (broad SMARTS) is 6. The quantitative estimate of drug-likeness (QED) is 0.0407. The molecule has 0 radical (unpaired) electrons. The lowest BCUT2D eigenvalue weighted by Crippen LogP contribution is -2.50. The lowest BCUT2D eigenvalue weighted by atomic mass is 9.81. The van der Waals surface area contributed by atoms with Gasteiger partial charge in [0.25, 0.3) is 0 Å². The van der Waals surface area contributed by atoms with E-state index in [1.165, 1.54) is 0 Å². The second kappa shape index (κ2) is 31.5. The number of nitrogens with zero attached hydrogens (tertiary/aromatic N) is 4. The molecular weight excluding hydrogens is 983 g/mol. The Morgan fingerprint density at radius 2 is 1.12 bits per heavy atom. The van der Waals surface area contributed by atoms with E-state index in [1.54, 1.807) is 14.7 Å². The lowest BCUT2D eigenvalue weighted by molar-refractivity contribution is -0.140. The van der Waals surface area contributed by atoms with Crippen molar-refractivity contribution in [2.24, 2.45) is 11.8 Å². The molecule has 2 aromatic rings. The van der Waals surface area contributed by atoms with Gasteiger partial charge in [-0.05, 0) is 66.9 Å². The molecule has 4 rings (SSSR count). The minimum Gasteiger partial charge on any atom is -0.480 e. The molecule has 5 amide bonds. The van der Waals surface area contributed by atoms with Crippen LogP contribution in [0.3, 0.4) is 0 Å². The maximum atomic E-state index is 13.8. The van der Waals surface area contributed by atoms with Gasteiger partial charge in [0.15, 0.2) is 0 Å². The summed E-state index contributed by atoms with van der Waals surface area (Å²) in [6, 6.07) is 8.39. The molecule has 412 valence electrons. The number of hydrogen-bond acceptors (Lipinski definition) is 14. The number of aliphatic carboxylic acids is 6. The van der Waals surface area contributed by atoms with Gasteiger partial charge in [-0.25, -0.2) is 19.2 Å². The first kappa shape index (κ1) is 60.3. The molecule has 75 heavy (non-hydrogen) atoms. The molecule has 1 aliphatic carbocycles. The molecule has 2 aromatic carbocycles. The molecule has 1 saturated carbocycles. The molecular formula is C50H71N9O16. The monoisotopic (exact) mass is 1050 g/mol. The van der Waals surface area contributed by atoms with Crippen LogP contribution in [0.2, 0.25) is 0 Å². The van der Waals surface area contributed by atoms with E-state index in [4.69, 9.17) is 5.11 Å². The van der Waals surface area contributed by atoms with Crippen molar-refractivity contribution in [3.05, 3.63) is 60.2 Å². The summed E-state index contributed by atoms with van der Waals surface area (Å²) in [7, 11) is 0. The standard InChI is InChI=1S/C50H71N9O16/c60-41(29-56-18-20-57(30-43(63)64)22-24-59(32-45(67)68)25-23-58(21-19-56)31-44(65)66)52-28-33-9-13-36(14-10-33)46(69)53-40(27-34-11-12-35-6-3-4-7-37(35)26-34)47(70)51-17-5-1-2-8-38(48(71)72)54-50(75)55-39(49(73)74)15-16-42(61)62/h3-4,6-7,11-12,15-16,26,33,36,38-40H,1-2,5,8-10,13-14,17-25,27-32H2,(H,51,70)(H,52,60)(H,53,69)(H,61,62)(H,63,64)(H,65,66)(H,67,68)(H,71,72)(H,73,74)(H2,54,55,75)/b16-15+/t33-,36-,38-,39-,40?/m0/s1. The Kier molecular flexibility index (Phi) is 25.3. The van der Waals surface area contributed by atoms with E-state index in [0.29, 0.717) is 70.7 Å². The van der Waals surface area contributed by atoms with E-state index in [1.807, 2.05) is 52.7 Å². The van der Waals surface area contributed by atoms with Crippen molar-refractivity contribution in [2.75, 3.05) is 91.6 Å². The zero-order chi connectivity index (χ0) is 54.9. The zero-order valence-electron chi connectivity index (χ0n) is 41.9. The van der Waals surface area contributed by atoms with Crippen LogP contribution in [0.1, 0.15) is 56.9 Å². The van der Waals surface area contributed by atoms with Gasteiger partial charge < -0.3 is 57.2 Å². The number of unbranched alkanes of at least 4 members (excludes halogenated alkanes) is 2. The van der Waals surface area contributed by atoms with Crippen LogP contribution in [0.4, 0.5) is 4.79 Å². The third-order valence-electron chi connectivity index (χ3n) is 13.1. The van der Waals surface area contributed by atoms with Crippen molar-refractivity contribution >= 4 is 70.3 Å². The summed E-state index contributed by atoms with van der Waals surface area (Å²) in [6.07, 6.45) is 4.90. The minimum absolute atomic E-state index is 0.0235. The van der Waals surface area contributed by atoms with Gasteiger partial charge in [-0.2, -0.15) is 0 Å². The molecule has 1 heterocycles. The second-order valence-electron chi connectivity index (χ2n) is 18.9. The van der Waals surface area contributed by atoms with Crippen LogP contribution >= 0.6 is 0 Å². The average molecular weight is 1050 g/mol. The van der Waals surface area contributed by atoms with Crippen molar-refractivity contribution in [3.63, 3.8) is 0 Å². The van der Waals surface area contributed by atoms with E-state index in [0.717, 1.165) is 22.4 Å². The SMILES string of the molecule is O=C(O)/C=C/[C@H](NC(=O)N[C@@H](CCCCCNC(=O)C(Cc1ccc2ccccc2c1)NC(=O)[C@H]1CC[C@H](CNC(=O)CN2CCN(CC(=O)O)CCN(CC(=O)O)CCN(CC(=O)O)CC2)CC1)C(=O)O)C(=O)O. The van der Waals surface area contributed by atoms with Crippen molar-refractivity contribution in [1.29, 1.82) is 0 Å². The van der Waals surface area contributed by atoms with Gasteiger partial charge in [0, 0.05) is 83.9 Å². The minimum atomic E-state index is -1.71. The topological polar surface area (TPSA) is 365 Å². The normalized spacial score (nSPS) is 18.8. The molecule has 0 spiro atoms. The Morgan fingerprint density at radius 3 is 1.64 bits per heavy atom. The Balaban J connectivity index is 1.28. The number of amides is 5. The molecule has 25 heteroatoms. The number of benzene rings is 2. The number of carboxylic acids is 6. The fourth-order valence-corrected chi connectivity index (χ4v) is 8.99. The molecule has 2 aliphatic rings. The molecule has 25 nitrogen and oxygen atoms in total. The summed E-state index contributed by atoms with van der Waals surface area (Å²) in [5, 5.41) is 71.2. The van der Waals surface area contributed by atoms with Crippen LogP contribution in [0.15, 0.2) is 54.6 Å². The Hall–Kier alpha value is -7.22. The number of carbonyl (C=O) groups excluding carboxylic acids is 4. The van der Waals surface area contributed by atoms with Crippen LogP contribution in [0.5, 0.6) is 0 Å².